The number of anilines is 1. The number of nitrogen functional groups attached to an aromatic ring is 1. The predicted molar refractivity (Wildman–Crippen MR) is 67.3 cm³/mol. The molecule has 2 unspecified atom stereocenters. The Morgan fingerprint density at radius 3 is 2.67 bits per heavy atom. The largest absolute Gasteiger partial charge is 0.478 e. The van der Waals surface area contributed by atoms with Gasteiger partial charge < -0.3 is 26.4 Å². The number of nitrogens with one attached hydrogen (secondary N) is 1. The summed E-state index contributed by atoms with van der Waals surface area (Å²) >= 11 is 0. The van der Waals surface area contributed by atoms with E-state index in [1.807, 2.05) is 0 Å². The zero-order chi connectivity index (χ0) is 13.7. The van der Waals surface area contributed by atoms with Crippen molar-refractivity contribution in [1.29, 1.82) is 0 Å². The minimum atomic E-state index is -1.31. The number of nitrogens with two attached hydrogens (primary N) is 1. The molecule has 0 spiro atoms. The van der Waals surface area contributed by atoms with Crippen molar-refractivity contribution < 1.29 is 20.1 Å². The molecule has 0 aliphatic rings. The van der Waals surface area contributed by atoms with Gasteiger partial charge in [0.15, 0.2) is 0 Å². The van der Waals surface area contributed by atoms with Gasteiger partial charge in [-0.1, -0.05) is 6.07 Å². The van der Waals surface area contributed by atoms with Crippen LogP contribution in [0.4, 0.5) is 5.69 Å². The first-order chi connectivity index (χ1) is 8.49. The molecule has 1 aromatic carbocycles. The van der Waals surface area contributed by atoms with E-state index in [1.54, 1.807) is 7.05 Å². The summed E-state index contributed by atoms with van der Waals surface area (Å²) in [5.74, 6) is -1.18. The molecule has 0 fully saturated rings. The molecule has 2 atom stereocenters. The van der Waals surface area contributed by atoms with E-state index < -0.39 is 18.2 Å². The zero-order valence-corrected chi connectivity index (χ0v) is 10.1. The van der Waals surface area contributed by atoms with E-state index >= 15 is 0 Å². The topological polar surface area (TPSA) is 116 Å². The van der Waals surface area contributed by atoms with Crippen molar-refractivity contribution >= 4 is 11.7 Å². The summed E-state index contributed by atoms with van der Waals surface area (Å²) in [4.78, 5) is 11.1. The minimum absolute atomic E-state index is 0.0635. The molecule has 0 heterocycles. The van der Waals surface area contributed by atoms with Gasteiger partial charge >= 0.3 is 5.97 Å². The second kappa shape index (κ2) is 6.34. The molecule has 18 heavy (non-hydrogen) atoms. The van der Waals surface area contributed by atoms with Crippen LogP contribution < -0.4 is 11.1 Å². The Bertz CT molecular complexity index is 423. The van der Waals surface area contributed by atoms with Crippen molar-refractivity contribution in [2.45, 2.75) is 18.6 Å². The highest BCUT2D eigenvalue weighted by Crippen LogP contribution is 2.28. The van der Waals surface area contributed by atoms with Gasteiger partial charge in [0, 0.05) is 11.3 Å². The van der Waals surface area contributed by atoms with Gasteiger partial charge in [-0.05, 0) is 32.1 Å². The molecule has 0 saturated heterocycles. The number of carboxylic acids is 1. The molecule has 0 bridgehead atoms. The molecular formula is C12H18N2O4. The third-order valence-corrected chi connectivity index (χ3v) is 2.72. The molecule has 1 aromatic rings. The third-order valence-electron chi connectivity index (χ3n) is 2.72. The van der Waals surface area contributed by atoms with E-state index in [0.717, 1.165) is 0 Å². The fraction of sp³-hybridized carbons (Fsp3) is 0.417. The van der Waals surface area contributed by atoms with Crippen LogP contribution in [0.3, 0.4) is 0 Å². The molecule has 100 valence electrons. The molecule has 0 saturated carbocycles. The first-order valence-electron chi connectivity index (χ1n) is 5.61. The van der Waals surface area contributed by atoms with Crippen LogP contribution in [0.2, 0.25) is 0 Å². The van der Waals surface area contributed by atoms with Crippen LogP contribution in [0.15, 0.2) is 18.2 Å². The highest BCUT2D eigenvalue weighted by atomic mass is 16.4. The van der Waals surface area contributed by atoms with Gasteiger partial charge in [0.05, 0.1) is 11.7 Å². The third kappa shape index (κ3) is 3.19. The maximum atomic E-state index is 11.1. The Labute approximate surface area is 105 Å². The summed E-state index contributed by atoms with van der Waals surface area (Å²) in [5, 5.41) is 31.7. The maximum absolute atomic E-state index is 11.1. The second-order valence-corrected chi connectivity index (χ2v) is 4.02. The van der Waals surface area contributed by atoms with E-state index in [1.165, 1.54) is 18.2 Å². The summed E-state index contributed by atoms with van der Waals surface area (Å²) < 4.78 is 0. The zero-order valence-electron chi connectivity index (χ0n) is 10.1. The van der Waals surface area contributed by atoms with Crippen LogP contribution in [0.25, 0.3) is 0 Å². The van der Waals surface area contributed by atoms with Crippen LogP contribution in [-0.4, -0.2) is 41.0 Å². The molecular weight excluding hydrogens is 236 g/mol. The molecule has 0 aliphatic carbocycles. The Hall–Kier alpha value is -1.63. The Morgan fingerprint density at radius 1 is 1.44 bits per heavy atom. The van der Waals surface area contributed by atoms with Crippen molar-refractivity contribution in [3.05, 3.63) is 29.3 Å². The summed E-state index contributed by atoms with van der Waals surface area (Å²) in [7, 11) is 1.72. The van der Waals surface area contributed by atoms with Gasteiger partial charge in [-0.15, -0.1) is 0 Å². The summed E-state index contributed by atoms with van der Waals surface area (Å²) in [6.07, 6.45) is -2.09. The first-order valence-corrected chi connectivity index (χ1v) is 5.61. The van der Waals surface area contributed by atoms with Crippen molar-refractivity contribution in [2.75, 3.05) is 19.3 Å². The fourth-order valence-electron chi connectivity index (χ4n) is 1.74. The van der Waals surface area contributed by atoms with Crippen LogP contribution >= 0.6 is 0 Å². The van der Waals surface area contributed by atoms with Gasteiger partial charge in [-0.2, -0.15) is 0 Å². The highest BCUT2D eigenvalue weighted by molar-refractivity contribution is 5.91. The van der Waals surface area contributed by atoms with Crippen LogP contribution in [0.5, 0.6) is 0 Å². The van der Waals surface area contributed by atoms with Gasteiger partial charge in [-0.25, -0.2) is 4.79 Å². The predicted octanol–water partition coefficient (Wildman–Crippen LogP) is -0.0292. The smallest absolute Gasteiger partial charge is 0.336 e. The number of carboxylic acid groups (broad SMARTS) is 1. The van der Waals surface area contributed by atoms with Crippen molar-refractivity contribution in [1.82, 2.24) is 5.32 Å². The summed E-state index contributed by atoms with van der Waals surface area (Å²) in [6, 6.07) is 4.34. The van der Waals surface area contributed by atoms with Crippen molar-refractivity contribution in [3.63, 3.8) is 0 Å². The second-order valence-electron chi connectivity index (χ2n) is 4.02. The summed E-state index contributed by atoms with van der Waals surface area (Å²) in [5.41, 5.74) is 5.81. The standard InChI is InChI=1S/C12H18N2O4/c1-14-6-5-9(15)11(16)10-7(12(17)18)3-2-4-8(10)13/h2-4,9,11,14-16H,5-6,13H2,1H3,(H,17,18). The van der Waals surface area contributed by atoms with E-state index in [0.29, 0.717) is 13.0 Å². The molecule has 0 amide bonds. The molecule has 0 aromatic heterocycles. The van der Waals surface area contributed by atoms with Gasteiger partial charge in [0.25, 0.3) is 0 Å². The van der Waals surface area contributed by atoms with Gasteiger partial charge in [0.1, 0.15) is 6.10 Å². The molecule has 1 rings (SSSR count). The maximum Gasteiger partial charge on any atom is 0.336 e. The quantitative estimate of drug-likeness (QED) is 0.455. The molecule has 6 N–H and O–H groups in total. The van der Waals surface area contributed by atoms with E-state index in [4.69, 9.17) is 10.8 Å². The van der Waals surface area contributed by atoms with E-state index in [-0.39, 0.29) is 16.8 Å². The molecule has 6 heteroatoms. The molecule has 0 radical (unpaired) electrons. The first kappa shape index (κ1) is 14.4. The number of benzene rings is 1. The number of aliphatic hydroxyl groups is 2. The van der Waals surface area contributed by atoms with Crippen LogP contribution in [0, 0.1) is 0 Å². The number of carbonyl (C=O) groups is 1. The highest BCUT2D eigenvalue weighted by Gasteiger charge is 2.25. The van der Waals surface area contributed by atoms with E-state index in [2.05, 4.69) is 5.32 Å². The Balaban J connectivity index is 3.03. The lowest BCUT2D eigenvalue weighted by molar-refractivity contribution is 0.0135. The fourth-order valence-corrected chi connectivity index (χ4v) is 1.74. The molecule has 6 nitrogen and oxygen atoms in total. The lowest BCUT2D eigenvalue weighted by Gasteiger charge is -2.21. The Kier molecular flexibility index (Phi) is 5.08. The number of aliphatic hydroxyl groups excluding tert-OH is 2. The monoisotopic (exact) mass is 254 g/mol. The van der Waals surface area contributed by atoms with Gasteiger partial charge in [0.2, 0.25) is 0 Å². The normalized spacial score (nSPS) is 14.2. The number of aromatic carboxylic acids is 1. The molecule has 0 aliphatic heterocycles. The van der Waals surface area contributed by atoms with Crippen LogP contribution in [-0.2, 0) is 0 Å². The average molecular weight is 254 g/mol. The van der Waals surface area contributed by atoms with Crippen molar-refractivity contribution in [3.8, 4) is 0 Å². The van der Waals surface area contributed by atoms with E-state index in [9.17, 15) is 15.0 Å². The van der Waals surface area contributed by atoms with Crippen LogP contribution in [0.1, 0.15) is 28.4 Å². The Morgan fingerprint density at radius 2 is 2.11 bits per heavy atom. The lowest BCUT2D eigenvalue weighted by Crippen LogP contribution is -2.25. The lowest BCUT2D eigenvalue weighted by atomic mass is 9.95. The van der Waals surface area contributed by atoms with Gasteiger partial charge in [-0.3, -0.25) is 0 Å². The average Bonchev–Trinajstić information content (AvgIpc) is 2.34. The SMILES string of the molecule is CNCCC(O)C(O)c1c(N)cccc1C(=O)O. The summed E-state index contributed by atoms with van der Waals surface area (Å²) in [6.45, 7) is 0.507. The number of hydrogen-bond donors (Lipinski definition) is 5. The van der Waals surface area contributed by atoms with Crippen molar-refractivity contribution in [2.24, 2.45) is 0 Å². The minimum Gasteiger partial charge on any atom is -0.478 e. The number of rotatable bonds is 6. The number of hydrogen-bond acceptors (Lipinski definition) is 5.